The highest BCUT2D eigenvalue weighted by Gasteiger charge is 2.33. The number of anilines is 5. The molecule has 0 saturated carbocycles. The van der Waals surface area contributed by atoms with Gasteiger partial charge in [0.25, 0.3) is 0 Å². The molecule has 1 heterocycles. The van der Waals surface area contributed by atoms with E-state index in [1.807, 2.05) is 43.3 Å². The van der Waals surface area contributed by atoms with Gasteiger partial charge in [0.1, 0.15) is 0 Å². The SMILES string of the molecule is CCC(C)Nc1ccc(NNc2ccc(NNc3ccc(N=Nc4nc(C(F)(F)F)cs4)cc3C)c3ccccc23)c2ccccc12. The molecule has 0 bridgehead atoms. The van der Waals surface area contributed by atoms with Crippen molar-refractivity contribution < 1.29 is 13.2 Å². The van der Waals surface area contributed by atoms with E-state index in [0.29, 0.717) is 11.7 Å². The zero-order valence-electron chi connectivity index (χ0n) is 25.9. The molecule has 5 aromatic carbocycles. The molecule has 240 valence electrons. The standard InChI is InChI=1S/C35H33F3N8S/c1-4-22(3)39-29-15-16-30(25-10-6-5-9-24(25)29)44-45-32-18-17-31(26-11-7-8-12-27(26)32)43-42-28-14-13-23(19-21(28)2)41-46-34-40-33(20-47-34)35(36,37)38/h5-20,22,39,42-45H,4H2,1-3H3. The zero-order valence-corrected chi connectivity index (χ0v) is 26.7. The van der Waals surface area contributed by atoms with Gasteiger partial charge in [-0.25, -0.2) is 4.98 Å². The Morgan fingerprint density at radius 2 is 1.19 bits per heavy atom. The van der Waals surface area contributed by atoms with Crippen LogP contribution in [0, 0.1) is 6.92 Å². The lowest BCUT2D eigenvalue weighted by Crippen LogP contribution is -2.14. The largest absolute Gasteiger partial charge is 0.434 e. The van der Waals surface area contributed by atoms with Gasteiger partial charge in [-0.15, -0.1) is 21.6 Å². The second kappa shape index (κ2) is 13.6. The zero-order chi connectivity index (χ0) is 33.0. The summed E-state index contributed by atoms with van der Waals surface area (Å²) in [5.74, 6) is 0. The number of hydrazine groups is 2. The van der Waals surface area contributed by atoms with Crippen LogP contribution in [0.15, 0.2) is 107 Å². The number of nitrogens with zero attached hydrogens (tertiary/aromatic N) is 3. The summed E-state index contributed by atoms with van der Waals surface area (Å²) in [6.07, 6.45) is -3.47. The molecule has 0 amide bonds. The van der Waals surface area contributed by atoms with E-state index in [1.54, 1.807) is 12.1 Å². The molecule has 1 aromatic heterocycles. The van der Waals surface area contributed by atoms with Crippen LogP contribution in [0.1, 0.15) is 31.5 Å². The summed E-state index contributed by atoms with van der Waals surface area (Å²) < 4.78 is 38.4. The fraction of sp³-hybridized carbons (Fsp3) is 0.171. The summed E-state index contributed by atoms with van der Waals surface area (Å²) in [5.41, 5.74) is 18.5. The van der Waals surface area contributed by atoms with Crippen molar-refractivity contribution in [1.82, 2.24) is 4.98 Å². The molecule has 0 aliphatic rings. The van der Waals surface area contributed by atoms with Crippen LogP contribution in [0.4, 0.5) is 52.4 Å². The van der Waals surface area contributed by atoms with E-state index in [-0.39, 0.29) is 5.13 Å². The van der Waals surface area contributed by atoms with Gasteiger partial charge in [0, 0.05) is 38.7 Å². The van der Waals surface area contributed by atoms with E-state index in [2.05, 4.69) is 98.5 Å². The maximum Gasteiger partial charge on any atom is 0.434 e. The molecule has 1 atom stereocenters. The first-order valence-electron chi connectivity index (χ1n) is 15.1. The first-order valence-corrected chi connectivity index (χ1v) is 16.0. The molecule has 47 heavy (non-hydrogen) atoms. The summed E-state index contributed by atoms with van der Waals surface area (Å²) in [6.45, 7) is 6.26. The van der Waals surface area contributed by atoms with E-state index in [9.17, 15) is 13.2 Å². The van der Waals surface area contributed by atoms with Gasteiger partial charge in [-0.2, -0.15) is 13.2 Å². The van der Waals surface area contributed by atoms with E-state index < -0.39 is 11.9 Å². The Bertz CT molecular complexity index is 2060. The molecule has 0 aliphatic carbocycles. The Kier molecular flexibility index (Phi) is 9.12. The van der Waals surface area contributed by atoms with Gasteiger partial charge in [-0.1, -0.05) is 55.5 Å². The number of alkyl halides is 3. The van der Waals surface area contributed by atoms with E-state index >= 15 is 0 Å². The third-order valence-corrected chi connectivity index (χ3v) is 8.49. The van der Waals surface area contributed by atoms with Crippen LogP contribution < -0.4 is 27.0 Å². The maximum atomic E-state index is 12.8. The summed E-state index contributed by atoms with van der Waals surface area (Å²) in [4.78, 5) is 3.48. The molecule has 0 spiro atoms. The molecule has 0 radical (unpaired) electrons. The predicted molar refractivity (Wildman–Crippen MR) is 188 cm³/mol. The van der Waals surface area contributed by atoms with Crippen molar-refractivity contribution in [2.45, 2.75) is 39.4 Å². The summed E-state index contributed by atoms with van der Waals surface area (Å²) in [6, 6.07) is 30.4. The van der Waals surface area contributed by atoms with E-state index in [0.717, 1.165) is 78.7 Å². The monoisotopic (exact) mass is 654 g/mol. The van der Waals surface area contributed by atoms with Gasteiger partial charge in [0.2, 0.25) is 5.13 Å². The second-order valence-electron chi connectivity index (χ2n) is 11.1. The third-order valence-electron chi connectivity index (χ3n) is 7.77. The second-order valence-corrected chi connectivity index (χ2v) is 11.9. The van der Waals surface area contributed by atoms with Crippen LogP contribution in [-0.2, 0) is 6.18 Å². The van der Waals surface area contributed by atoms with Crippen molar-refractivity contribution in [3.8, 4) is 0 Å². The van der Waals surface area contributed by atoms with Crippen LogP contribution in [0.3, 0.4) is 0 Å². The highest BCUT2D eigenvalue weighted by atomic mass is 32.1. The lowest BCUT2D eigenvalue weighted by Gasteiger charge is -2.19. The highest BCUT2D eigenvalue weighted by Crippen LogP contribution is 2.35. The van der Waals surface area contributed by atoms with Gasteiger partial charge in [0.05, 0.1) is 28.4 Å². The quantitative estimate of drug-likeness (QED) is 0.0704. The number of fused-ring (bicyclic) bond motifs is 2. The fourth-order valence-electron chi connectivity index (χ4n) is 5.08. The van der Waals surface area contributed by atoms with Crippen molar-refractivity contribution in [3.05, 3.63) is 108 Å². The normalized spacial score (nSPS) is 12.4. The molecule has 1 unspecified atom stereocenters. The Morgan fingerprint density at radius 3 is 1.68 bits per heavy atom. The third kappa shape index (κ3) is 7.23. The van der Waals surface area contributed by atoms with E-state index in [1.165, 1.54) is 0 Å². The first kappa shape index (κ1) is 31.6. The van der Waals surface area contributed by atoms with Crippen molar-refractivity contribution in [2.75, 3.05) is 27.0 Å². The smallest absolute Gasteiger partial charge is 0.382 e. The van der Waals surface area contributed by atoms with Gasteiger partial charge in [-0.3, -0.25) is 0 Å². The van der Waals surface area contributed by atoms with Crippen LogP contribution in [0.5, 0.6) is 0 Å². The van der Waals surface area contributed by atoms with Crippen molar-refractivity contribution >= 4 is 72.1 Å². The molecule has 6 rings (SSSR count). The number of thiazole rings is 1. The molecule has 8 nitrogen and oxygen atoms in total. The van der Waals surface area contributed by atoms with Gasteiger partial charge >= 0.3 is 6.18 Å². The highest BCUT2D eigenvalue weighted by molar-refractivity contribution is 7.13. The minimum Gasteiger partial charge on any atom is -0.382 e. The number of benzene rings is 5. The van der Waals surface area contributed by atoms with Crippen LogP contribution in [0.2, 0.25) is 0 Å². The molecular formula is C35H33F3N8S. The number of hydrogen-bond acceptors (Lipinski definition) is 9. The Morgan fingerprint density at radius 1 is 0.702 bits per heavy atom. The average molecular weight is 655 g/mol. The number of aryl methyl sites for hydroxylation is 1. The van der Waals surface area contributed by atoms with Crippen molar-refractivity contribution in [2.24, 2.45) is 10.2 Å². The number of rotatable bonds is 11. The molecule has 0 saturated heterocycles. The Hall–Kier alpha value is -5.36. The first-order chi connectivity index (χ1) is 22.7. The molecule has 12 heteroatoms. The molecule has 0 fully saturated rings. The maximum absolute atomic E-state index is 12.8. The minimum absolute atomic E-state index is 0.0560. The molecule has 5 N–H and O–H groups in total. The number of aromatic nitrogens is 1. The number of hydrogen-bond donors (Lipinski definition) is 5. The summed E-state index contributed by atoms with van der Waals surface area (Å²) in [5, 5.41) is 16.7. The van der Waals surface area contributed by atoms with Gasteiger partial charge < -0.3 is 27.0 Å². The predicted octanol–water partition coefficient (Wildman–Crippen LogP) is 11.3. The van der Waals surface area contributed by atoms with Crippen LogP contribution in [0.25, 0.3) is 21.5 Å². The average Bonchev–Trinajstić information content (AvgIpc) is 3.57. The topological polar surface area (TPSA) is 97.8 Å². The Labute approximate surface area is 274 Å². The number of azo groups is 1. The molecule has 6 aromatic rings. The van der Waals surface area contributed by atoms with Crippen molar-refractivity contribution in [1.29, 1.82) is 0 Å². The lowest BCUT2D eigenvalue weighted by atomic mass is 10.1. The van der Waals surface area contributed by atoms with Gasteiger partial charge in [0.15, 0.2) is 5.69 Å². The van der Waals surface area contributed by atoms with Crippen LogP contribution in [-0.4, -0.2) is 11.0 Å². The summed E-state index contributed by atoms with van der Waals surface area (Å²) >= 11 is 0.791. The number of halogens is 3. The Balaban J connectivity index is 1.15. The minimum atomic E-state index is -4.51. The van der Waals surface area contributed by atoms with Gasteiger partial charge in [-0.05, 0) is 68.3 Å². The summed E-state index contributed by atoms with van der Waals surface area (Å²) in [7, 11) is 0. The molecular weight excluding hydrogens is 622 g/mol. The lowest BCUT2D eigenvalue weighted by molar-refractivity contribution is -0.140. The van der Waals surface area contributed by atoms with Crippen molar-refractivity contribution in [3.63, 3.8) is 0 Å². The van der Waals surface area contributed by atoms with E-state index in [4.69, 9.17) is 0 Å². The molecule has 0 aliphatic heterocycles. The fourth-order valence-corrected chi connectivity index (χ4v) is 5.72. The number of nitrogens with one attached hydrogen (secondary N) is 5. The van der Waals surface area contributed by atoms with Crippen LogP contribution >= 0.6 is 11.3 Å².